The summed E-state index contributed by atoms with van der Waals surface area (Å²) < 4.78 is 0. The monoisotopic (exact) mass is 1150 g/mol. The van der Waals surface area contributed by atoms with Crippen LogP contribution in [0.1, 0.15) is 264 Å². The van der Waals surface area contributed by atoms with Crippen molar-refractivity contribution in [1.29, 1.82) is 0 Å². The summed E-state index contributed by atoms with van der Waals surface area (Å²) in [5.74, 6) is -5.01. The van der Waals surface area contributed by atoms with Crippen LogP contribution in [-0.4, -0.2) is 43.8 Å². The average Bonchev–Trinajstić information content (AvgIpc) is 3.41. The Balaban J connectivity index is 0.000000770. The summed E-state index contributed by atoms with van der Waals surface area (Å²) in [6.45, 7) is 13.1. The molecule has 0 radical (unpaired) electrons. The molecule has 0 fully saturated rings. The first-order valence-electron chi connectivity index (χ1n) is 29.7. The van der Waals surface area contributed by atoms with Crippen LogP contribution in [-0.2, 0) is 46.1 Å². The molecule has 0 spiro atoms. The second-order valence-electron chi connectivity index (χ2n) is 20.5. The number of carbonyl (C=O) groups is 2. The standard InChI is InChI=1S/C44H72N2.2C11H14O4.Pd/c1-5-9-13-15-17-19-21-23-25-27-39-31-35-41(36-32-39)45-43(29-11-7-3)44(30-12-8-4)46-42-37-33-40(34-38-42)28-26-24-22-20-18-16-14-10-6-2;2*1-2-3-4-7-5-6-8(12)10(13)9(7)11(14)15;/h31-38H,5-30H2,1-4H3;2*5-6,12-13H,2-4H2,1H3,(H,14,15);/q;;;+2/p-2. The van der Waals surface area contributed by atoms with Crippen molar-refractivity contribution in [2.75, 3.05) is 0 Å². The molecule has 0 saturated carbocycles. The third-order valence-electron chi connectivity index (χ3n) is 13.9. The SMILES string of the molecule is CCCCCCCCCCCc1ccc(N=C(CCCC)C(CCCC)=Nc2ccc(CCCCCCCCCCC)cc2)cc1.CCCCc1ccc(O)c(O)c1C(=O)[O-].CCCCc1ccc(O)c(O)c1C(=O)[O-].[Pd+2]. The molecule has 4 aromatic rings. The largest absolute Gasteiger partial charge is 2.00 e. The first-order valence-corrected chi connectivity index (χ1v) is 29.7. The Labute approximate surface area is 479 Å². The van der Waals surface area contributed by atoms with Crippen LogP contribution in [0.4, 0.5) is 11.4 Å². The van der Waals surface area contributed by atoms with Gasteiger partial charge in [0.1, 0.15) is 0 Å². The number of aliphatic imine (C=N–C) groups is 2. The predicted octanol–water partition coefficient (Wildman–Crippen LogP) is 16.7. The molecule has 4 rings (SSSR count). The maximum Gasteiger partial charge on any atom is 2.00 e. The van der Waals surface area contributed by atoms with Gasteiger partial charge in [0.05, 0.1) is 34.7 Å². The van der Waals surface area contributed by atoms with Gasteiger partial charge in [0, 0.05) is 11.1 Å². The van der Waals surface area contributed by atoms with E-state index in [-0.39, 0.29) is 31.5 Å². The van der Waals surface area contributed by atoms with Crippen molar-refractivity contribution < 1.29 is 60.7 Å². The third kappa shape index (κ3) is 29.5. The van der Waals surface area contributed by atoms with Crippen LogP contribution in [0.3, 0.4) is 0 Å². The molecule has 0 aliphatic rings. The number of nitrogens with zero attached hydrogens (tertiary/aromatic N) is 2. The van der Waals surface area contributed by atoms with E-state index in [9.17, 15) is 30.0 Å². The molecule has 0 unspecified atom stereocenters. The van der Waals surface area contributed by atoms with E-state index in [1.807, 2.05) is 13.8 Å². The van der Waals surface area contributed by atoms with Crippen LogP contribution in [0.2, 0.25) is 0 Å². The van der Waals surface area contributed by atoms with Crippen molar-refractivity contribution in [2.24, 2.45) is 9.98 Å². The molecule has 0 aliphatic carbocycles. The molecule has 0 amide bonds. The summed E-state index contributed by atoms with van der Waals surface area (Å²) in [6, 6.07) is 23.7. The number of hydrogen-bond acceptors (Lipinski definition) is 10. The maximum absolute atomic E-state index is 10.8. The van der Waals surface area contributed by atoms with Gasteiger partial charge in [0.2, 0.25) is 0 Å². The molecular weight excluding hydrogens is 1060 g/mol. The molecule has 4 aromatic carbocycles. The smallest absolute Gasteiger partial charge is 0.545 e. The Morgan fingerprint density at radius 1 is 0.364 bits per heavy atom. The number of hydrogen-bond donors (Lipinski definition) is 4. The van der Waals surface area contributed by atoms with Gasteiger partial charge in [-0.1, -0.05) is 206 Å². The van der Waals surface area contributed by atoms with Crippen molar-refractivity contribution in [2.45, 2.75) is 247 Å². The van der Waals surface area contributed by atoms with Gasteiger partial charge < -0.3 is 40.2 Å². The minimum absolute atomic E-state index is 0. The fourth-order valence-corrected chi connectivity index (χ4v) is 9.13. The zero-order valence-corrected chi connectivity index (χ0v) is 49.7. The van der Waals surface area contributed by atoms with E-state index < -0.39 is 34.9 Å². The quantitative estimate of drug-likeness (QED) is 0.0149. The number of aromatic hydroxyl groups is 4. The summed E-state index contributed by atoms with van der Waals surface area (Å²) in [5.41, 5.74) is 7.77. The van der Waals surface area contributed by atoms with Gasteiger partial charge in [0.15, 0.2) is 23.0 Å². The number of benzene rings is 4. The molecular formula is C66H98N2O8Pd. The molecule has 0 atom stereocenters. The summed E-state index contributed by atoms with van der Waals surface area (Å²) in [6.07, 6.45) is 38.5. The minimum atomic E-state index is -1.46. The zero-order valence-electron chi connectivity index (χ0n) is 48.2. The number of rotatable bonds is 37. The maximum atomic E-state index is 10.8. The van der Waals surface area contributed by atoms with Crippen LogP contribution < -0.4 is 10.2 Å². The van der Waals surface area contributed by atoms with Crippen LogP contribution in [0.15, 0.2) is 82.8 Å². The second-order valence-corrected chi connectivity index (χ2v) is 20.5. The second kappa shape index (κ2) is 43.9. The average molecular weight is 1150 g/mol. The summed E-state index contributed by atoms with van der Waals surface area (Å²) in [7, 11) is 0. The Morgan fingerprint density at radius 2 is 0.649 bits per heavy atom. The molecule has 10 nitrogen and oxygen atoms in total. The number of phenolic OH excluding ortho intramolecular Hbond substituents is 2. The molecule has 4 N–H and O–H groups in total. The molecule has 0 heterocycles. The van der Waals surface area contributed by atoms with Crippen molar-refractivity contribution in [3.05, 3.63) is 106 Å². The first kappa shape index (κ1) is 70.0. The van der Waals surface area contributed by atoms with Crippen LogP contribution in [0.5, 0.6) is 23.0 Å². The normalized spacial score (nSPS) is 11.3. The fourth-order valence-electron chi connectivity index (χ4n) is 9.13. The van der Waals surface area contributed by atoms with E-state index in [0.717, 1.165) is 62.7 Å². The zero-order chi connectivity index (χ0) is 55.8. The topological polar surface area (TPSA) is 186 Å². The van der Waals surface area contributed by atoms with Crippen LogP contribution >= 0.6 is 0 Å². The van der Waals surface area contributed by atoms with Gasteiger partial charge in [-0.15, -0.1) is 0 Å². The van der Waals surface area contributed by atoms with Gasteiger partial charge in [-0.25, -0.2) is 0 Å². The van der Waals surface area contributed by atoms with E-state index in [2.05, 4.69) is 76.2 Å². The van der Waals surface area contributed by atoms with Gasteiger partial charge >= 0.3 is 20.4 Å². The Kier molecular flexibility index (Phi) is 40.0. The van der Waals surface area contributed by atoms with Gasteiger partial charge in [-0.2, -0.15) is 0 Å². The van der Waals surface area contributed by atoms with E-state index in [0.29, 0.717) is 24.0 Å². The van der Waals surface area contributed by atoms with E-state index >= 15 is 0 Å². The minimum Gasteiger partial charge on any atom is -0.545 e. The summed E-state index contributed by atoms with van der Waals surface area (Å²) in [4.78, 5) is 32.0. The number of aromatic carboxylic acids is 2. The van der Waals surface area contributed by atoms with Gasteiger partial charge in [0.25, 0.3) is 0 Å². The van der Waals surface area contributed by atoms with Crippen molar-refractivity contribution in [3.8, 4) is 23.0 Å². The molecule has 0 saturated heterocycles. The van der Waals surface area contributed by atoms with Crippen molar-refractivity contribution >= 4 is 34.7 Å². The van der Waals surface area contributed by atoms with E-state index in [4.69, 9.17) is 20.2 Å². The molecule has 430 valence electrons. The fraction of sp³-hybridized carbons (Fsp3) is 0.576. The number of carbonyl (C=O) groups excluding carboxylic acids is 2. The van der Waals surface area contributed by atoms with E-state index in [1.54, 1.807) is 0 Å². The third-order valence-corrected chi connectivity index (χ3v) is 13.9. The molecule has 77 heavy (non-hydrogen) atoms. The van der Waals surface area contributed by atoms with Crippen LogP contribution in [0, 0.1) is 0 Å². The Bertz CT molecular complexity index is 2100. The number of phenols is 4. The number of aryl methyl sites for hydroxylation is 4. The Morgan fingerprint density at radius 3 is 0.935 bits per heavy atom. The molecule has 0 bridgehead atoms. The summed E-state index contributed by atoms with van der Waals surface area (Å²) >= 11 is 0. The van der Waals surface area contributed by atoms with Crippen molar-refractivity contribution in [1.82, 2.24) is 0 Å². The van der Waals surface area contributed by atoms with Gasteiger partial charge in [-0.05, 0) is 136 Å². The number of unbranched alkanes of at least 4 members (excludes halogenated alkanes) is 20. The molecule has 0 aromatic heterocycles. The number of carboxylic acid groups (broad SMARTS) is 2. The van der Waals surface area contributed by atoms with Gasteiger partial charge in [-0.3, -0.25) is 9.98 Å². The first-order chi connectivity index (χ1) is 36.8. The molecule has 0 aliphatic heterocycles. The Hall–Kier alpha value is -4.98. The predicted molar refractivity (Wildman–Crippen MR) is 313 cm³/mol. The van der Waals surface area contributed by atoms with Crippen LogP contribution in [0.25, 0.3) is 0 Å². The van der Waals surface area contributed by atoms with E-state index in [1.165, 1.54) is 188 Å². The van der Waals surface area contributed by atoms with Crippen molar-refractivity contribution in [3.63, 3.8) is 0 Å². The summed E-state index contributed by atoms with van der Waals surface area (Å²) in [5, 5.41) is 58.6. The number of carboxylic acids is 2. The molecule has 11 heteroatoms.